The number of amides is 1. The quantitative estimate of drug-likeness (QED) is 0.872. The molecule has 0 aliphatic heterocycles. The summed E-state index contributed by atoms with van der Waals surface area (Å²) < 4.78 is 0. The molecule has 2 aromatic rings. The third-order valence-electron chi connectivity index (χ3n) is 3.79. The Kier molecular flexibility index (Phi) is 3.69. The first-order valence-electron chi connectivity index (χ1n) is 6.88. The molecule has 6 nitrogen and oxygen atoms in total. The van der Waals surface area contributed by atoms with Gasteiger partial charge in [0.1, 0.15) is 4.88 Å². The minimum atomic E-state index is -0.329. The summed E-state index contributed by atoms with van der Waals surface area (Å²) in [7, 11) is 0. The maximum atomic E-state index is 12.4. The van der Waals surface area contributed by atoms with Crippen LogP contribution in [0, 0.1) is 5.92 Å². The van der Waals surface area contributed by atoms with Crippen LogP contribution in [0.4, 0.5) is 0 Å². The Hall–Kier alpha value is -1.86. The predicted octanol–water partition coefficient (Wildman–Crippen LogP) is 1.46. The van der Waals surface area contributed by atoms with Crippen LogP contribution in [0.25, 0.3) is 10.8 Å². The largest absolute Gasteiger partial charge is 0.345 e. The highest BCUT2D eigenvalue weighted by Gasteiger charge is 2.41. The van der Waals surface area contributed by atoms with Crippen molar-refractivity contribution in [2.24, 2.45) is 11.7 Å². The maximum absolute atomic E-state index is 12.4. The maximum Gasteiger partial charge on any atom is 0.263 e. The van der Waals surface area contributed by atoms with Gasteiger partial charge in [0.05, 0.1) is 11.7 Å². The molecule has 2 heterocycles. The van der Waals surface area contributed by atoms with Crippen molar-refractivity contribution in [3.8, 4) is 10.8 Å². The molecule has 110 valence electrons. The first-order chi connectivity index (χ1) is 10.1. The minimum absolute atomic E-state index is 0.130. The Morgan fingerprint density at radius 2 is 2.14 bits per heavy atom. The van der Waals surface area contributed by atoms with Crippen LogP contribution in [0.5, 0.6) is 0 Å². The van der Waals surface area contributed by atoms with Crippen molar-refractivity contribution in [3.63, 3.8) is 0 Å². The van der Waals surface area contributed by atoms with Gasteiger partial charge in [0.2, 0.25) is 0 Å². The molecule has 3 N–H and O–H groups in total. The normalized spacial score (nSPS) is 17.2. The lowest BCUT2D eigenvalue weighted by molar-refractivity contribution is 0.0902. The standard InChI is InChI=1S/C14H17N5OS/c1-14(8-15,9-3-4-9)19-12(20)10-7-18-13(21-10)11-16-5-2-6-17-11/h2,5-7,9H,3-4,8,15H2,1H3,(H,19,20). The summed E-state index contributed by atoms with van der Waals surface area (Å²) in [6.07, 6.45) is 7.12. The van der Waals surface area contributed by atoms with Gasteiger partial charge in [0.15, 0.2) is 10.8 Å². The average Bonchev–Trinajstić information content (AvgIpc) is 3.26. The number of thiazole rings is 1. The topological polar surface area (TPSA) is 93.8 Å². The molecule has 1 saturated carbocycles. The number of aromatic nitrogens is 3. The van der Waals surface area contributed by atoms with Crippen LogP contribution in [0.3, 0.4) is 0 Å². The summed E-state index contributed by atoms with van der Waals surface area (Å²) in [6.45, 7) is 2.45. The molecular formula is C14H17N5OS. The summed E-state index contributed by atoms with van der Waals surface area (Å²) in [5.41, 5.74) is 5.49. The first-order valence-corrected chi connectivity index (χ1v) is 7.70. The summed E-state index contributed by atoms with van der Waals surface area (Å²) in [5, 5.41) is 3.69. The smallest absolute Gasteiger partial charge is 0.263 e. The Labute approximate surface area is 126 Å². The molecule has 0 aromatic carbocycles. The molecule has 0 spiro atoms. The van der Waals surface area contributed by atoms with Crippen molar-refractivity contribution in [2.45, 2.75) is 25.3 Å². The number of carbonyl (C=O) groups excluding carboxylic acids is 1. The van der Waals surface area contributed by atoms with E-state index in [0.717, 1.165) is 12.8 Å². The molecule has 3 rings (SSSR count). The van der Waals surface area contributed by atoms with Crippen molar-refractivity contribution in [1.82, 2.24) is 20.3 Å². The van der Waals surface area contributed by atoms with Crippen LogP contribution in [-0.4, -0.2) is 32.9 Å². The second kappa shape index (κ2) is 5.50. The van der Waals surface area contributed by atoms with Crippen molar-refractivity contribution >= 4 is 17.2 Å². The predicted molar refractivity (Wildman–Crippen MR) is 80.8 cm³/mol. The average molecular weight is 303 g/mol. The molecule has 1 aliphatic rings. The number of rotatable bonds is 5. The number of nitrogens with two attached hydrogens (primary N) is 1. The first kappa shape index (κ1) is 14.1. The van der Waals surface area contributed by atoms with Gasteiger partial charge in [-0.1, -0.05) is 0 Å². The molecule has 1 unspecified atom stereocenters. The van der Waals surface area contributed by atoms with Crippen LogP contribution < -0.4 is 11.1 Å². The molecule has 1 amide bonds. The van der Waals surface area contributed by atoms with E-state index in [1.807, 2.05) is 6.92 Å². The summed E-state index contributed by atoms with van der Waals surface area (Å²) >= 11 is 1.29. The molecule has 0 radical (unpaired) electrons. The highest BCUT2D eigenvalue weighted by atomic mass is 32.1. The van der Waals surface area contributed by atoms with E-state index in [1.54, 1.807) is 24.7 Å². The van der Waals surface area contributed by atoms with Gasteiger partial charge in [0.25, 0.3) is 5.91 Å². The number of hydrogen-bond donors (Lipinski definition) is 2. The van der Waals surface area contributed by atoms with Gasteiger partial charge in [-0.05, 0) is 31.7 Å². The number of carbonyl (C=O) groups is 1. The summed E-state index contributed by atoms with van der Waals surface area (Å²) in [6, 6.07) is 1.74. The minimum Gasteiger partial charge on any atom is -0.345 e. The van der Waals surface area contributed by atoms with Crippen molar-refractivity contribution in [1.29, 1.82) is 0 Å². The van der Waals surface area contributed by atoms with Gasteiger partial charge >= 0.3 is 0 Å². The molecule has 7 heteroatoms. The lowest BCUT2D eigenvalue weighted by Crippen LogP contribution is -2.53. The molecular weight excluding hydrogens is 286 g/mol. The van der Waals surface area contributed by atoms with Gasteiger partial charge in [-0.15, -0.1) is 11.3 Å². The van der Waals surface area contributed by atoms with E-state index in [9.17, 15) is 4.79 Å². The van der Waals surface area contributed by atoms with Crippen LogP contribution in [0.15, 0.2) is 24.7 Å². The third-order valence-corrected chi connectivity index (χ3v) is 4.78. The second-order valence-corrected chi connectivity index (χ2v) is 6.48. The van der Waals surface area contributed by atoms with Crippen LogP contribution in [0.1, 0.15) is 29.4 Å². The highest BCUT2D eigenvalue weighted by Crippen LogP contribution is 2.39. The van der Waals surface area contributed by atoms with E-state index >= 15 is 0 Å². The highest BCUT2D eigenvalue weighted by molar-refractivity contribution is 7.16. The molecule has 0 bridgehead atoms. The second-order valence-electron chi connectivity index (χ2n) is 5.45. The van der Waals surface area contributed by atoms with Crippen LogP contribution >= 0.6 is 11.3 Å². The lowest BCUT2D eigenvalue weighted by Gasteiger charge is -2.29. The van der Waals surface area contributed by atoms with E-state index in [4.69, 9.17) is 5.73 Å². The van der Waals surface area contributed by atoms with Gasteiger partial charge in [0, 0.05) is 18.9 Å². The molecule has 1 atom stereocenters. The Balaban J connectivity index is 1.75. The third kappa shape index (κ3) is 2.93. The SMILES string of the molecule is CC(CN)(NC(=O)c1cnc(-c2ncccn2)s1)C1CC1. The number of nitrogens with zero attached hydrogens (tertiary/aromatic N) is 3. The Bertz CT molecular complexity index is 640. The zero-order valence-corrected chi connectivity index (χ0v) is 12.6. The Morgan fingerprint density at radius 1 is 1.43 bits per heavy atom. The number of hydrogen-bond acceptors (Lipinski definition) is 6. The number of nitrogens with one attached hydrogen (secondary N) is 1. The van der Waals surface area contributed by atoms with Gasteiger partial charge in [-0.2, -0.15) is 0 Å². The van der Waals surface area contributed by atoms with Crippen molar-refractivity contribution in [3.05, 3.63) is 29.5 Å². The van der Waals surface area contributed by atoms with E-state index in [2.05, 4.69) is 20.3 Å². The summed E-state index contributed by atoms with van der Waals surface area (Å²) in [5.74, 6) is 0.885. The van der Waals surface area contributed by atoms with Crippen molar-refractivity contribution in [2.75, 3.05) is 6.54 Å². The van der Waals surface area contributed by atoms with Crippen LogP contribution in [0.2, 0.25) is 0 Å². The van der Waals surface area contributed by atoms with Crippen molar-refractivity contribution < 1.29 is 4.79 Å². The lowest BCUT2D eigenvalue weighted by atomic mass is 9.96. The molecule has 21 heavy (non-hydrogen) atoms. The van der Waals surface area contributed by atoms with Gasteiger partial charge in [-0.25, -0.2) is 15.0 Å². The monoisotopic (exact) mass is 303 g/mol. The van der Waals surface area contributed by atoms with E-state index in [0.29, 0.717) is 28.2 Å². The van der Waals surface area contributed by atoms with E-state index in [1.165, 1.54) is 11.3 Å². The molecule has 1 fully saturated rings. The Morgan fingerprint density at radius 3 is 2.76 bits per heavy atom. The van der Waals surface area contributed by atoms with E-state index < -0.39 is 0 Å². The fourth-order valence-electron chi connectivity index (χ4n) is 2.25. The van der Waals surface area contributed by atoms with E-state index in [-0.39, 0.29) is 11.4 Å². The van der Waals surface area contributed by atoms with Gasteiger partial charge < -0.3 is 11.1 Å². The summed E-state index contributed by atoms with van der Waals surface area (Å²) in [4.78, 5) is 25.4. The fourth-order valence-corrected chi connectivity index (χ4v) is 3.01. The molecule has 2 aromatic heterocycles. The zero-order valence-electron chi connectivity index (χ0n) is 11.7. The van der Waals surface area contributed by atoms with Gasteiger partial charge in [-0.3, -0.25) is 4.79 Å². The van der Waals surface area contributed by atoms with Crippen LogP contribution in [-0.2, 0) is 0 Å². The molecule has 1 aliphatic carbocycles. The fraction of sp³-hybridized carbons (Fsp3) is 0.429. The zero-order chi connectivity index (χ0) is 14.9. The molecule has 0 saturated heterocycles.